The molecule has 0 saturated carbocycles. The average molecular weight is 249 g/mol. The number of fused-ring (bicyclic) bond motifs is 2. The number of aliphatic hydroxyl groups is 3. The molecule has 4 atom stereocenters. The maximum Gasteiger partial charge on any atom is 0.317 e. The van der Waals surface area contributed by atoms with Gasteiger partial charge >= 0.3 is 5.92 Å². The first-order chi connectivity index (χ1) is 7.86. The zero-order valence-electron chi connectivity index (χ0n) is 9.39. The van der Waals surface area contributed by atoms with Gasteiger partial charge < -0.3 is 15.3 Å². The number of hydrogen-bond acceptors (Lipinski definition) is 4. The molecule has 0 amide bonds. The fourth-order valence-corrected chi connectivity index (χ4v) is 2.93. The van der Waals surface area contributed by atoms with Crippen molar-refractivity contribution in [2.75, 3.05) is 6.54 Å². The predicted octanol–water partition coefficient (Wildman–Crippen LogP) is 0.0862. The molecular formula is C11H17F2NO3. The monoisotopic (exact) mass is 249 g/mol. The summed E-state index contributed by atoms with van der Waals surface area (Å²) in [7, 11) is 0. The van der Waals surface area contributed by atoms with Crippen LogP contribution in [0, 0.1) is 0 Å². The maximum absolute atomic E-state index is 13.9. The molecular weight excluding hydrogens is 232 g/mol. The lowest BCUT2D eigenvalue weighted by atomic mass is 9.76. The molecule has 0 spiro atoms. The minimum atomic E-state index is -3.74. The first kappa shape index (κ1) is 12.9. The third kappa shape index (κ3) is 1.55. The van der Waals surface area contributed by atoms with Crippen molar-refractivity contribution in [1.29, 1.82) is 0 Å². The second-order valence-corrected chi connectivity index (χ2v) is 4.78. The highest BCUT2D eigenvalue weighted by molar-refractivity contribution is 5.12. The van der Waals surface area contributed by atoms with Crippen LogP contribution in [0.4, 0.5) is 8.78 Å². The van der Waals surface area contributed by atoms with Crippen molar-refractivity contribution in [3.8, 4) is 0 Å². The van der Waals surface area contributed by atoms with Crippen LogP contribution in [0.25, 0.3) is 0 Å². The number of hydrogen-bond donors (Lipinski definition) is 3. The highest BCUT2D eigenvalue weighted by Gasteiger charge is 2.69. The second kappa shape index (κ2) is 3.98. The third-order valence-corrected chi connectivity index (χ3v) is 3.85. The van der Waals surface area contributed by atoms with E-state index in [1.54, 1.807) is 0 Å². The standard InChI is InChI=1S/C11H17F2NO3/c1-2-6-14-7-4-3-5-10(14,17)11(12,13)9(16)8(7)15/h2,7-9,15-17H,1,3-6H2/t7-,8+,9-,10-/m1/s1. The van der Waals surface area contributed by atoms with Crippen molar-refractivity contribution in [2.24, 2.45) is 0 Å². The normalized spacial score (nSPS) is 45.6. The van der Waals surface area contributed by atoms with Gasteiger partial charge in [-0.2, -0.15) is 8.78 Å². The van der Waals surface area contributed by atoms with Crippen molar-refractivity contribution in [2.45, 2.75) is 49.2 Å². The Morgan fingerprint density at radius 2 is 2.06 bits per heavy atom. The highest BCUT2D eigenvalue weighted by atomic mass is 19.3. The van der Waals surface area contributed by atoms with Crippen LogP contribution in [-0.4, -0.2) is 56.7 Å². The van der Waals surface area contributed by atoms with Crippen LogP contribution < -0.4 is 0 Å². The Labute approximate surface area is 98.2 Å². The molecule has 2 bridgehead atoms. The van der Waals surface area contributed by atoms with Gasteiger partial charge in [0.05, 0.1) is 0 Å². The Morgan fingerprint density at radius 3 is 2.65 bits per heavy atom. The second-order valence-electron chi connectivity index (χ2n) is 4.78. The van der Waals surface area contributed by atoms with Gasteiger partial charge in [-0.3, -0.25) is 4.90 Å². The molecule has 0 radical (unpaired) electrons. The summed E-state index contributed by atoms with van der Waals surface area (Å²) in [6, 6.07) is -0.652. The molecule has 0 aromatic carbocycles. The summed E-state index contributed by atoms with van der Waals surface area (Å²) < 4.78 is 27.9. The largest absolute Gasteiger partial charge is 0.389 e. The van der Waals surface area contributed by atoms with Gasteiger partial charge in [-0.05, 0) is 19.3 Å². The molecule has 3 N–H and O–H groups in total. The van der Waals surface area contributed by atoms with Gasteiger partial charge in [0.15, 0.2) is 5.72 Å². The topological polar surface area (TPSA) is 63.9 Å². The van der Waals surface area contributed by atoms with E-state index >= 15 is 0 Å². The van der Waals surface area contributed by atoms with E-state index in [0.29, 0.717) is 12.8 Å². The van der Waals surface area contributed by atoms with Crippen LogP contribution in [0.1, 0.15) is 19.3 Å². The molecule has 2 heterocycles. The summed E-state index contributed by atoms with van der Waals surface area (Å²) in [5.41, 5.74) is -2.39. The first-order valence-corrected chi connectivity index (χ1v) is 5.70. The molecule has 2 rings (SSSR count). The van der Waals surface area contributed by atoms with Gasteiger partial charge in [0.1, 0.15) is 12.2 Å². The summed E-state index contributed by atoms with van der Waals surface area (Å²) in [6.07, 6.45) is -1.61. The van der Waals surface area contributed by atoms with Gasteiger partial charge in [0.25, 0.3) is 0 Å². The fourth-order valence-electron chi connectivity index (χ4n) is 2.93. The molecule has 2 aliphatic rings. The van der Waals surface area contributed by atoms with Gasteiger partial charge in [0.2, 0.25) is 0 Å². The molecule has 17 heavy (non-hydrogen) atoms. The van der Waals surface area contributed by atoms with Crippen molar-refractivity contribution in [3.63, 3.8) is 0 Å². The Morgan fingerprint density at radius 1 is 1.41 bits per heavy atom. The average Bonchev–Trinajstić information content (AvgIpc) is 2.28. The van der Waals surface area contributed by atoms with Gasteiger partial charge in [-0.15, -0.1) is 6.58 Å². The zero-order chi connectivity index (χ0) is 12.8. The number of aliphatic hydroxyl groups excluding tert-OH is 2. The van der Waals surface area contributed by atoms with E-state index in [0.717, 1.165) is 4.90 Å². The third-order valence-electron chi connectivity index (χ3n) is 3.85. The molecule has 0 aromatic heterocycles. The van der Waals surface area contributed by atoms with E-state index in [1.807, 2.05) is 0 Å². The summed E-state index contributed by atoms with van der Waals surface area (Å²) in [6.45, 7) is 3.52. The van der Waals surface area contributed by atoms with Crippen LogP contribution in [-0.2, 0) is 0 Å². The Kier molecular flexibility index (Phi) is 3.02. The number of alkyl halides is 2. The summed E-state index contributed by atoms with van der Waals surface area (Å²) >= 11 is 0. The van der Waals surface area contributed by atoms with E-state index in [2.05, 4.69) is 6.58 Å². The van der Waals surface area contributed by atoms with Crippen LogP contribution in [0.3, 0.4) is 0 Å². The Hall–Kier alpha value is -0.560. The summed E-state index contributed by atoms with van der Waals surface area (Å²) in [5.74, 6) is -3.74. The zero-order valence-corrected chi connectivity index (χ0v) is 9.39. The lowest BCUT2D eigenvalue weighted by molar-refractivity contribution is -0.355. The van der Waals surface area contributed by atoms with Gasteiger partial charge in [-0.25, -0.2) is 0 Å². The van der Waals surface area contributed by atoms with E-state index in [1.165, 1.54) is 6.08 Å². The predicted molar refractivity (Wildman–Crippen MR) is 56.5 cm³/mol. The first-order valence-electron chi connectivity index (χ1n) is 5.70. The smallest absolute Gasteiger partial charge is 0.317 e. The number of piperidine rings is 2. The molecule has 4 nitrogen and oxygen atoms in total. The molecule has 0 unspecified atom stereocenters. The maximum atomic E-state index is 13.9. The lowest BCUT2D eigenvalue weighted by Gasteiger charge is -2.58. The minimum absolute atomic E-state index is 0.0561. The fraction of sp³-hybridized carbons (Fsp3) is 0.818. The molecule has 0 aliphatic carbocycles. The lowest BCUT2D eigenvalue weighted by Crippen LogP contribution is -2.77. The van der Waals surface area contributed by atoms with E-state index in [-0.39, 0.29) is 13.0 Å². The van der Waals surface area contributed by atoms with Crippen LogP contribution in [0.15, 0.2) is 12.7 Å². The highest BCUT2D eigenvalue weighted by Crippen LogP contribution is 2.49. The summed E-state index contributed by atoms with van der Waals surface area (Å²) in [5, 5.41) is 29.3. The van der Waals surface area contributed by atoms with Crippen molar-refractivity contribution in [1.82, 2.24) is 4.90 Å². The van der Waals surface area contributed by atoms with Gasteiger partial charge in [0, 0.05) is 12.6 Å². The molecule has 6 heteroatoms. The number of nitrogens with zero attached hydrogens (tertiary/aromatic N) is 1. The Balaban J connectivity index is 2.43. The molecule has 2 aliphatic heterocycles. The van der Waals surface area contributed by atoms with Crippen LogP contribution >= 0.6 is 0 Å². The van der Waals surface area contributed by atoms with E-state index in [4.69, 9.17) is 0 Å². The van der Waals surface area contributed by atoms with E-state index < -0.39 is 29.9 Å². The number of halogens is 2. The molecule has 98 valence electrons. The number of rotatable bonds is 2. The minimum Gasteiger partial charge on any atom is -0.389 e. The summed E-state index contributed by atoms with van der Waals surface area (Å²) in [4.78, 5) is 1.15. The van der Waals surface area contributed by atoms with E-state index in [9.17, 15) is 24.1 Å². The van der Waals surface area contributed by atoms with Crippen molar-refractivity contribution in [3.05, 3.63) is 12.7 Å². The van der Waals surface area contributed by atoms with Gasteiger partial charge in [-0.1, -0.05) is 6.08 Å². The van der Waals surface area contributed by atoms with Crippen molar-refractivity contribution >= 4 is 0 Å². The molecule has 0 aromatic rings. The SMILES string of the molecule is C=CCN1[C@@H]2CCC[C@@]1(O)C(F)(F)[C@H](O)[C@H]2O. The van der Waals surface area contributed by atoms with Crippen LogP contribution in [0.2, 0.25) is 0 Å². The molecule has 2 fully saturated rings. The quantitative estimate of drug-likeness (QED) is 0.607. The molecule has 2 saturated heterocycles. The Bertz CT molecular complexity index is 326. The van der Waals surface area contributed by atoms with Crippen molar-refractivity contribution < 1.29 is 24.1 Å². The van der Waals surface area contributed by atoms with Crippen LogP contribution in [0.5, 0.6) is 0 Å².